The highest BCUT2D eigenvalue weighted by Gasteiger charge is 2.11. The Labute approximate surface area is 104 Å². The Kier molecular flexibility index (Phi) is 3.55. The molecule has 0 saturated heterocycles. The van der Waals surface area contributed by atoms with Crippen molar-refractivity contribution >= 4 is 17.4 Å². The van der Waals surface area contributed by atoms with Crippen molar-refractivity contribution in [3.8, 4) is 0 Å². The number of hydrogen-bond donors (Lipinski definition) is 0. The lowest BCUT2D eigenvalue weighted by Crippen LogP contribution is -2.05. The van der Waals surface area contributed by atoms with Gasteiger partial charge in [-0.25, -0.2) is 4.39 Å². The van der Waals surface area contributed by atoms with E-state index in [2.05, 4.69) is 0 Å². The van der Waals surface area contributed by atoms with E-state index in [1.54, 1.807) is 36.4 Å². The van der Waals surface area contributed by atoms with Crippen LogP contribution in [0.3, 0.4) is 0 Å². The quantitative estimate of drug-likeness (QED) is 0.753. The minimum absolute atomic E-state index is 0.0242. The van der Waals surface area contributed by atoms with E-state index in [4.69, 9.17) is 11.6 Å². The monoisotopic (exact) mass is 248 g/mol. The molecule has 2 rings (SSSR count). The zero-order valence-corrected chi connectivity index (χ0v) is 9.75. The van der Waals surface area contributed by atoms with Gasteiger partial charge in [0.2, 0.25) is 0 Å². The lowest BCUT2D eigenvalue weighted by atomic mass is 10.0. The predicted octanol–water partition coefficient (Wildman–Crippen LogP) is 3.90. The molecule has 0 bridgehead atoms. The zero-order chi connectivity index (χ0) is 12.3. The summed E-state index contributed by atoms with van der Waals surface area (Å²) in [5, 5.41) is 0.0448. The van der Waals surface area contributed by atoms with Crippen LogP contribution in [0.25, 0.3) is 0 Å². The molecular weight excluding hydrogens is 239 g/mol. The minimum Gasteiger partial charge on any atom is -0.294 e. The normalized spacial score (nSPS) is 10.2. The summed E-state index contributed by atoms with van der Waals surface area (Å²) in [5.41, 5.74) is 0.901. The van der Waals surface area contributed by atoms with Gasteiger partial charge in [0.25, 0.3) is 0 Å². The molecule has 2 aromatic carbocycles. The molecule has 0 N–H and O–H groups in total. The van der Waals surface area contributed by atoms with E-state index < -0.39 is 5.82 Å². The van der Waals surface area contributed by atoms with Gasteiger partial charge in [0, 0.05) is 12.0 Å². The summed E-state index contributed by atoms with van der Waals surface area (Å²) in [4.78, 5) is 11.9. The molecule has 1 nitrogen and oxygen atoms in total. The van der Waals surface area contributed by atoms with Gasteiger partial charge in [-0.05, 0) is 11.6 Å². The molecule has 0 aromatic heterocycles. The Morgan fingerprint density at radius 2 is 1.76 bits per heavy atom. The lowest BCUT2D eigenvalue weighted by Gasteiger charge is -2.04. The molecule has 0 spiro atoms. The number of Topliss-reactive ketones (excluding diaryl/α,β-unsaturated/α-hetero) is 1. The van der Waals surface area contributed by atoms with Gasteiger partial charge in [-0.15, -0.1) is 0 Å². The highest BCUT2D eigenvalue weighted by molar-refractivity contribution is 6.30. The first kappa shape index (κ1) is 11.8. The van der Waals surface area contributed by atoms with Gasteiger partial charge in [0.05, 0.1) is 5.02 Å². The smallest absolute Gasteiger partial charge is 0.167 e. The van der Waals surface area contributed by atoms with Crippen molar-refractivity contribution in [2.24, 2.45) is 0 Å². The summed E-state index contributed by atoms with van der Waals surface area (Å²) in [6.07, 6.45) is 0.0242. The number of hydrogen-bond acceptors (Lipinski definition) is 1. The SMILES string of the molecule is O=C(Cc1cccc(Cl)c1F)c1ccccc1. The number of halogens is 2. The van der Waals surface area contributed by atoms with E-state index in [0.29, 0.717) is 11.1 Å². The van der Waals surface area contributed by atoms with E-state index in [1.165, 1.54) is 6.07 Å². The van der Waals surface area contributed by atoms with E-state index in [1.807, 2.05) is 6.07 Å². The number of ketones is 1. The van der Waals surface area contributed by atoms with Gasteiger partial charge in [-0.1, -0.05) is 54.1 Å². The van der Waals surface area contributed by atoms with Gasteiger partial charge in [0.15, 0.2) is 5.78 Å². The fraction of sp³-hybridized carbons (Fsp3) is 0.0714. The maximum atomic E-state index is 13.6. The van der Waals surface area contributed by atoms with Crippen LogP contribution in [-0.2, 0) is 6.42 Å². The fourth-order valence-electron chi connectivity index (χ4n) is 1.58. The van der Waals surface area contributed by atoms with Gasteiger partial charge in [-0.2, -0.15) is 0 Å². The summed E-state index contributed by atoms with van der Waals surface area (Å²) < 4.78 is 13.6. The maximum absolute atomic E-state index is 13.6. The Bertz CT molecular complexity index is 537. The average molecular weight is 249 g/mol. The topological polar surface area (TPSA) is 17.1 Å². The second kappa shape index (κ2) is 5.11. The van der Waals surface area contributed by atoms with Crippen LogP contribution in [0.5, 0.6) is 0 Å². The molecule has 0 saturated carbocycles. The number of carbonyl (C=O) groups is 1. The third kappa shape index (κ3) is 2.71. The molecule has 0 unspecified atom stereocenters. The molecule has 3 heteroatoms. The molecule has 0 amide bonds. The molecule has 2 aromatic rings. The van der Waals surface area contributed by atoms with Crippen LogP contribution in [0.2, 0.25) is 5.02 Å². The third-order valence-electron chi connectivity index (χ3n) is 2.48. The number of benzene rings is 2. The fourth-order valence-corrected chi connectivity index (χ4v) is 1.78. The lowest BCUT2D eigenvalue weighted by molar-refractivity contribution is 0.0992. The molecule has 0 aliphatic heterocycles. The van der Waals surface area contributed by atoms with E-state index in [0.717, 1.165) is 0 Å². The van der Waals surface area contributed by atoms with Crippen LogP contribution in [0.4, 0.5) is 4.39 Å². The molecule has 17 heavy (non-hydrogen) atoms. The van der Waals surface area contributed by atoms with Crippen LogP contribution in [0.15, 0.2) is 48.5 Å². The van der Waals surface area contributed by atoms with Gasteiger partial charge >= 0.3 is 0 Å². The molecule has 0 heterocycles. The first-order valence-electron chi connectivity index (χ1n) is 5.19. The molecule has 0 radical (unpaired) electrons. The molecule has 0 aliphatic rings. The highest BCUT2D eigenvalue weighted by Crippen LogP contribution is 2.19. The average Bonchev–Trinajstić information content (AvgIpc) is 2.36. The second-order valence-corrected chi connectivity index (χ2v) is 4.09. The molecular formula is C14H10ClFO. The summed E-state index contributed by atoms with van der Waals surface area (Å²) in [6.45, 7) is 0. The Morgan fingerprint density at radius 1 is 1.06 bits per heavy atom. The number of rotatable bonds is 3. The van der Waals surface area contributed by atoms with Gasteiger partial charge in [-0.3, -0.25) is 4.79 Å². The first-order chi connectivity index (χ1) is 8.18. The Hall–Kier alpha value is -1.67. The van der Waals surface area contributed by atoms with Crippen LogP contribution >= 0.6 is 11.6 Å². The van der Waals surface area contributed by atoms with Crippen LogP contribution < -0.4 is 0 Å². The molecule has 0 atom stereocenters. The zero-order valence-electron chi connectivity index (χ0n) is 8.99. The minimum atomic E-state index is -0.515. The van der Waals surface area contributed by atoms with E-state index in [9.17, 15) is 9.18 Å². The predicted molar refractivity (Wildman–Crippen MR) is 65.9 cm³/mol. The second-order valence-electron chi connectivity index (χ2n) is 3.68. The van der Waals surface area contributed by atoms with Crippen molar-refractivity contribution in [1.29, 1.82) is 0 Å². The number of carbonyl (C=O) groups excluding carboxylic acids is 1. The van der Waals surface area contributed by atoms with Crippen LogP contribution in [-0.4, -0.2) is 5.78 Å². The third-order valence-corrected chi connectivity index (χ3v) is 2.77. The van der Waals surface area contributed by atoms with E-state index in [-0.39, 0.29) is 17.2 Å². The largest absolute Gasteiger partial charge is 0.294 e. The Balaban J connectivity index is 2.22. The van der Waals surface area contributed by atoms with Crippen LogP contribution in [0.1, 0.15) is 15.9 Å². The molecule has 0 fully saturated rings. The first-order valence-corrected chi connectivity index (χ1v) is 5.57. The summed E-state index contributed by atoms with van der Waals surface area (Å²) in [7, 11) is 0. The van der Waals surface area contributed by atoms with Crippen molar-refractivity contribution in [2.75, 3.05) is 0 Å². The van der Waals surface area contributed by atoms with Crippen molar-refractivity contribution in [1.82, 2.24) is 0 Å². The van der Waals surface area contributed by atoms with Crippen LogP contribution in [0, 0.1) is 5.82 Å². The summed E-state index contributed by atoms with van der Waals surface area (Å²) in [5.74, 6) is -0.634. The van der Waals surface area contributed by atoms with E-state index >= 15 is 0 Å². The standard InChI is InChI=1S/C14H10ClFO/c15-12-8-4-7-11(14(12)16)9-13(17)10-5-2-1-3-6-10/h1-8H,9H2. The van der Waals surface area contributed by atoms with Crippen molar-refractivity contribution in [3.63, 3.8) is 0 Å². The molecule has 86 valence electrons. The van der Waals surface area contributed by atoms with Crippen molar-refractivity contribution in [2.45, 2.75) is 6.42 Å². The van der Waals surface area contributed by atoms with Crippen molar-refractivity contribution < 1.29 is 9.18 Å². The van der Waals surface area contributed by atoms with Crippen molar-refractivity contribution in [3.05, 3.63) is 70.5 Å². The summed E-state index contributed by atoms with van der Waals surface area (Å²) in [6, 6.07) is 13.5. The molecule has 0 aliphatic carbocycles. The summed E-state index contributed by atoms with van der Waals surface area (Å²) >= 11 is 5.66. The highest BCUT2D eigenvalue weighted by atomic mass is 35.5. The van der Waals surface area contributed by atoms with Gasteiger partial charge in [0.1, 0.15) is 5.82 Å². The maximum Gasteiger partial charge on any atom is 0.167 e. The van der Waals surface area contributed by atoms with Gasteiger partial charge < -0.3 is 0 Å². The Morgan fingerprint density at radius 3 is 2.47 bits per heavy atom.